The van der Waals surface area contributed by atoms with Gasteiger partial charge in [-0.05, 0) is 66.8 Å². The van der Waals surface area contributed by atoms with Gasteiger partial charge in [0.1, 0.15) is 12.4 Å². The number of fused-ring (bicyclic) bond motifs is 1. The summed E-state index contributed by atoms with van der Waals surface area (Å²) in [5.41, 5.74) is 3.93. The minimum atomic E-state index is -0.358. The molecule has 2 aliphatic rings. The van der Waals surface area contributed by atoms with E-state index < -0.39 is 0 Å². The number of rotatable bonds is 9. The lowest BCUT2D eigenvalue weighted by Crippen LogP contribution is -2.32. The summed E-state index contributed by atoms with van der Waals surface area (Å²) in [5.74, 6) is 0.596. The Morgan fingerprint density at radius 1 is 1.06 bits per heavy atom. The van der Waals surface area contributed by atoms with Crippen LogP contribution in [0.3, 0.4) is 0 Å². The summed E-state index contributed by atoms with van der Waals surface area (Å²) < 4.78 is 10.7. The monoisotopic (exact) mass is 450 g/mol. The Morgan fingerprint density at radius 3 is 2.52 bits per heavy atom. The number of benzene rings is 2. The molecule has 4 rings (SSSR count). The molecule has 6 heteroatoms. The standard InChI is InChI=1S/C27H34N2O4/c1-3-4-13-29-18-22-8-7-20(19-33-27(31)21-9-11-23(32-2)12-10-21)16-24(22)25(29)17-26(30)28-14-5-6-15-28/h7-12,16,25H,3-6,13-15,17-19H2,1-2H3. The van der Waals surface area contributed by atoms with E-state index in [-0.39, 0.29) is 24.5 Å². The van der Waals surface area contributed by atoms with Crippen molar-refractivity contribution in [3.8, 4) is 5.75 Å². The number of carbonyl (C=O) groups excluding carboxylic acids is 2. The predicted octanol–water partition coefficient (Wildman–Crippen LogP) is 4.72. The van der Waals surface area contributed by atoms with E-state index in [1.807, 2.05) is 11.0 Å². The van der Waals surface area contributed by atoms with E-state index in [9.17, 15) is 9.59 Å². The van der Waals surface area contributed by atoms with E-state index in [0.717, 1.165) is 57.4 Å². The molecule has 1 atom stereocenters. The molecule has 0 aliphatic carbocycles. The summed E-state index contributed by atoms with van der Waals surface area (Å²) in [4.78, 5) is 29.9. The smallest absolute Gasteiger partial charge is 0.338 e. The fourth-order valence-electron chi connectivity index (χ4n) is 4.77. The van der Waals surface area contributed by atoms with Crippen molar-refractivity contribution in [3.05, 3.63) is 64.7 Å². The van der Waals surface area contributed by atoms with Crippen molar-refractivity contribution in [1.29, 1.82) is 0 Å². The van der Waals surface area contributed by atoms with Crippen LogP contribution >= 0.6 is 0 Å². The van der Waals surface area contributed by atoms with E-state index in [2.05, 4.69) is 24.0 Å². The van der Waals surface area contributed by atoms with Crippen molar-refractivity contribution in [1.82, 2.24) is 9.80 Å². The van der Waals surface area contributed by atoms with Crippen LogP contribution in [0.4, 0.5) is 0 Å². The molecule has 1 saturated heterocycles. The van der Waals surface area contributed by atoms with Crippen LogP contribution in [0.2, 0.25) is 0 Å². The van der Waals surface area contributed by atoms with E-state index in [0.29, 0.717) is 17.7 Å². The number of nitrogens with zero attached hydrogens (tertiary/aromatic N) is 2. The highest BCUT2D eigenvalue weighted by molar-refractivity contribution is 5.89. The van der Waals surface area contributed by atoms with Gasteiger partial charge in [0.25, 0.3) is 0 Å². The number of amides is 1. The lowest BCUT2D eigenvalue weighted by molar-refractivity contribution is -0.131. The molecule has 2 aromatic rings. The molecule has 0 bridgehead atoms. The molecule has 2 aliphatic heterocycles. The molecule has 0 radical (unpaired) electrons. The van der Waals surface area contributed by atoms with Crippen LogP contribution in [0.15, 0.2) is 42.5 Å². The molecule has 0 spiro atoms. The number of unbranched alkanes of at least 4 members (excludes halogenated alkanes) is 1. The first-order valence-electron chi connectivity index (χ1n) is 12.0. The highest BCUT2D eigenvalue weighted by Crippen LogP contribution is 2.37. The third-order valence-corrected chi connectivity index (χ3v) is 6.70. The molecule has 176 valence electrons. The summed E-state index contributed by atoms with van der Waals surface area (Å²) in [6.07, 6.45) is 4.99. The van der Waals surface area contributed by atoms with Gasteiger partial charge in [-0.25, -0.2) is 4.79 Å². The maximum atomic E-state index is 13.0. The SMILES string of the molecule is CCCCN1Cc2ccc(COC(=O)c3ccc(OC)cc3)cc2C1CC(=O)N1CCCC1. The average molecular weight is 451 g/mol. The largest absolute Gasteiger partial charge is 0.497 e. The Morgan fingerprint density at radius 2 is 1.82 bits per heavy atom. The van der Waals surface area contributed by atoms with E-state index in [1.165, 1.54) is 11.1 Å². The summed E-state index contributed by atoms with van der Waals surface area (Å²) in [6.45, 7) is 6.04. The molecular weight excluding hydrogens is 416 g/mol. The maximum absolute atomic E-state index is 13.0. The first-order chi connectivity index (χ1) is 16.1. The number of hydrogen-bond donors (Lipinski definition) is 0. The number of likely N-dealkylation sites (tertiary alicyclic amines) is 1. The van der Waals surface area contributed by atoms with Gasteiger partial charge in [-0.3, -0.25) is 9.69 Å². The molecule has 2 heterocycles. The van der Waals surface area contributed by atoms with Crippen LogP contribution in [0, 0.1) is 0 Å². The minimum Gasteiger partial charge on any atom is -0.497 e. The Labute approximate surface area is 196 Å². The average Bonchev–Trinajstić information content (AvgIpc) is 3.50. The van der Waals surface area contributed by atoms with Gasteiger partial charge in [0.2, 0.25) is 5.91 Å². The van der Waals surface area contributed by atoms with Crippen LogP contribution < -0.4 is 4.74 Å². The molecule has 6 nitrogen and oxygen atoms in total. The van der Waals surface area contributed by atoms with E-state index in [4.69, 9.17) is 9.47 Å². The van der Waals surface area contributed by atoms with Gasteiger partial charge >= 0.3 is 5.97 Å². The Hall–Kier alpha value is -2.86. The van der Waals surface area contributed by atoms with Crippen LogP contribution in [-0.2, 0) is 22.7 Å². The highest BCUT2D eigenvalue weighted by atomic mass is 16.5. The quantitative estimate of drug-likeness (QED) is 0.518. The van der Waals surface area contributed by atoms with Gasteiger partial charge < -0.3 is 14.4 Å². The van der Waals surface area contributed by atoms with Crippen LogP contribution in [0.5, 0.6) is 5.75 Å². The zero-order valence-corrected chi connectivity index (χ0v) is 19.7. The van der Waals surface area contributed by atoms with Crippen molar-refractivity contribution in [2.24, 2.45) is 0 Å². The van der Waals surface area contributed by atoms with Crippen molar-refractivity contribution < 1.29 is 19.1 Å². The number of carbonyl (C=O) groups is 2. The molecule has 1 fully saturated rings. The molecular formula is C27H34N2O4. The van der Waals surface area contributed by atoms with Gasteiger partial charge in [0.05, 0.1) is 12.7 Å². The highest BCUT2D eigenvalue weighted by Gasteiger charge is 2.33. The third-order valence-electron chi connectivity index (χ3n) is 6.70. The summed E-state index contributed by atoms with van der Waals surface area (Å²) in [7, 11) is 1.59. The topological polar surface area (TPSA) is 59.1 Å². The maximum Gasteiger partial charge on any atom is 0.338 e. The number of ether oxygens (including phenoxy) is 2. The first-order valence-corrected chi connectivity index (χ1v) is 12.0. The summed E-state index contributed by atoms with van der Waals surface area (Å²) in [6, 6.07) is 13.3. The number of esters is 1. The molecule has 0 saturated carbocycles. The van der Waals surface area contributed by atoms with Gasteiger partial charge in [-0.1, -0.05) is 31.5 Å². The molecule has 33 heavy (non-hydrogen) atoms. The Balaban J connectivity index is 1.45. The first kappa shape index (κ1) is 23.3. The van der Waals surface area contributed by atoms with Gasteiger partial charge in [0.15, 0.2) is 0 Å². The van der Waals surface area contributed by atoms with Crippen LogP contribution in [0.25, 0.3) is 0 Å². The van der Waals surface area contributed by atoms with E-state index in [1.54, 1.807) is 31.4 Å². The lowest BCUT2D eigenvalue weighted by atomic mass is 9.99. The van der Waals surface area contributed by atoms with Crippen molar-refractivity contribution in [2.75, 3.05) is 26.7 Å². The second-order valence-corrected chi connectivity index (χ2v) is 8.97. The predicted molar refractivity (Wildman–Crippen MR) is 127 cm³/mol. The summed E-state index contributed by atoms with van der Waals surface area (Å²) in [5, 5.41) is 0. The second-order valence-electron chi connectivity index (χ2n) is 8.97. The fraction of sp³-hybridized carbons (Fsp3) is 0.481. The van der Waals surface area contributed by atoms with Crippen LogP contribution in [0.1, 0.15) is 72.1 Å². The fourth-order valence-corrected chi connectivity index (χ4v) is 4.77. The van der Waals surface area contributed by atoms with Gasteiger partial charge in [-0.2, -0.15) is 0 Å². The van der Waals surface area contributed by atoms with Crippen LogP contribution in [-0.4, -0.2) is 48.4 Å². The van der Waals surface area contributed by atoms with Crippen molar-refractivity contribution in [2.45, 2.75) is 58.2 Å². The minimum absolute atomic E-state index is 0.0943. The van der Waals surface area contributed by atoms with Gasteiger partial charge in [0, 0.05) is 32.1 Å². The molecule has 0 N–H and O–H groups in total. The number of methoxy groups -OCH3 is 1. The third kappa shape index (κ3) is 5.56. The van der Waals surface area contributed by atoms with E-state index >= 15 is 0 Å². The van der Waals surface area contributed by atoms with Crippen molar-refractivity contribution >= 4 is 11.9 Å². The molecule has 1 unspecified atom stereocenters. The Kier molecular flexibility index (Phi) is 7.65. The van der Waals surface area contributed by atoms with Crippen molar-refractivity contribution in [3.63, 3.8) is 0 Å². The van der Waals surface area contributed by atoms with Gasteiger partial charge in [-0.15, -0.1) is 0 Å². The second kappa shape index (κ2) is 10.8. The molecule has 1 amide bonds. The lowest BCUT2D eigenvalue weighted by Gasteiger charge is -2.26. The number of hydrogen-bond acceptors (Lipinski definition) is 5. The zero-order valence-electron chi connectivity index (χ0n) is 19.7. The Bertz CT molecular complexity index is 967. The zero-order chi connectivity index (χ0) is 23.2. The molecule has 0 aromatic heterocycles. The normalized spacial score (nSPS) is 17.8. The summed E-state index contributed by atoms with van der Waals surface area (Å²) >= 11 is 0. The molecule has 2 aromatic carbocycles.